The van der Waals surface area contributed by atoms with E-state index in [1.807, 2.05) is 71.3 Å². The van der Waals surface area contributed by atoms with E-state index in [1.54, 1.807) is 12.1 Å². The molecule has 0 saturated heterocycles. The number of nitrogens with zero attached hydrogens (tertiary/aromatic N) is 1. The predicted octanol–water partition coefficient (Wildman–Crippen LogP) is 3.35. The van der Waals surface area contributed by atoms with Gasteiger partial charge in [-0.1, -0.05) is 42.5 Å². The first-order chi connectivity index (χ1) is 13.7. The van der Waals surface area contributed by atoms with Gasteiger partial charge in [0.2, 0.25) is 5.91 Å². The molecule has 1 aromatic heterocycles. The van der Waals surface area contributed by atoms with E-state index in [0.29, 0.717) is 23.9 Å². The van der Waals surface area contributed by atoms with Crippen molar-refractivity contribution < 1.29 is 9.53 Å². The predicted molar refractivity (Wildman–Crippen MR) is 111 cm³/mol. The van der Waals surface area contributed by atoms with Gasteiger partial charge in [-0.25, -0.2) is 0 Å². The van der Waals surface area contributed by atoms with Gasteiger partial charge in [-0.3, -0.25) is 9.59 Å². The van der Waals surface area contributed by atoms with Gasteiger partial charge in [0.25, 0.3) is 0 Å². The largest absolute Gasteiger partial charge is 0.492 e. The van der Waals surface area contributed by atoms with Crippen molar-refractivity contribution in [3.05, 3.63) is 89.1 Å². The van der Waals surface area contributed by atoms with Crippen LogP contribution in [-0.2, 0) is 11.3 Å². The summed E-state index contributed by atoms with van der Waals surface area (Å²) in [6.45, 7) is 0.928. The van der Waals surface area contributed by atoms with Gasteiger partial charge in [-0.15, -0.1) is 0 Å². The van der Waals surface area contributed by atoms with Gasteiger partial charge >= 0.3 is 0 Å². The standard InChI is InChI=1S/C23H20N2O3/c26-22(24-14-15-28-17-8-2-1-3-9-17)16-25-20-12-6-4-10-18(20)23(27)19-11-5-7-13-21(19)25/h1-13H,14-16H2,(H,24,26). The van der Waals surface area contributed by atoms with Gasteiger partial charge < -0.3 is 14.6 Å². The lowest BCUT2D eigenvalue weighted by molar-refractivity contribution is -0.121. The summed E-state index contributed by atoms with van der Waals surface area (Å²) >= 11 is 0. The maximum absolute atomic E-state index is 12.7. The lowest BCUT2D eigenvalue weighted by Crippen LogP contribution is -2.31. The summed E-state index contributed by atoms with van der Waals surface area (Å²) in [6.07, 6.45) is 0. The average Bonchev–Trinajstić information content (AvgIpc) is 2.75. The number of carbonyl (C=O) groups excluding carboxylic acids is 1. The van der Waals surface area contributed by atoms with E-state index in [-0.39, 0.29) is 17.9 Å². The molecule has 0 spiro atoms. The van der Waals surface area contributed by atoms with Gasteiger partial charge in [0.15, 0.2) is 5.43 Å². The first kappa shape index (κ1) is 17.8. The molecule has 0 aliphatic carbocycles. The van der Waals surface area contributed by atoms with Crippen molar-refractivity contribution in [3.8, 4) is 5.75 Å². The van der Waals surface area contributed by atoms with Crippen LogP contribution in [0.4, 0.5) is 0 Å². The topological polar surface area (TPSA) is 60.3 Å². The molecule has 28 heavy (non-hydrogen) atoms. The molecule has 5 heteroatoms. The number of ether oxygens (including phenoxy) is 1. The summed E-state index contributed by atoms with van der Waals surface area (Å²) < 4.78 is 7.49. The van der Waals surface area contributed by atoms with E-state index in [2.05, 4.69) is 5.32 Å². The average molecular weight is 372 g/mol. The SMILES string of the molecule is O=C(Cn1c2ccccc2c(=O)c2ccccc21)NCCOc1ccccc1. The van der Waals surface area contributed by atoms with E-state index in [4.69, 9.17) is 4.74 Å². The van der Waals surface area contributed by atoms with E-state index in [0.717, 1.165) is 16.8 Å². The Labute approximate surface area is 162 Å². The number of nitrogens with one attached hydrogen (secondary N) is 1. The second kappa shape index (κ2) is 7.96. The van der Waals surface area contributed by atoms with Crippen molar-refractivity contribution in [2.24, 2.45) is 0 Å². The Balaban J connectivity index is 1.53. The highest BCUT2D eigenvalue weighted by molar-refractivity contribution is 5.94. The van der Waals surface area contributed by atoms with Gasteiger partial charge in [0, 0.05) is 10.8 Å². The first-order valence-electron chi connectivity index (χ1n) is 9.19. The third-order valence-corrected chi connectivity index (χ3v) is 4.62. The lowest BCUT2D eigenvalue weighted by atomic mass is 10.1. The van der Waals surface area contributed by atoms with E-state index in [9.17, 15) is 9.59 Å². The second-order valence-electron chi connectivity index (χ2n) is 6.46. The Morgan fingerprint density at radius 1 is 0.821 bits per heavy atom. The Morgan fingerprint density at radius 3 is 2.04 bits per heavy atom. The third-order valence-electron chi connectivity index (χ3n) is 4.62. The third kappa shape index (κ3) is 3.60. The maximum atomic E-state index is 12.7. The van der Waals surface area contributed by atoms with Crippen LogP contribution in [0.5, 0.6) is 5.75 Å². The quantitative estimate of drug-likeness (QED) is 0.417. The van der Waals surface area contributed by atoms with Crippen molar-refractivity contribution in [1.82, 2.24) is 9.88 Å². The molecule has 4 aromatic rings. The number of rotatable bonds is 6. The number of benzene rings is 3. The Morgan fingerprint density at radius 2 is 1.39 bits per heavy atom. The van der Waals surface area contributed by atoms with Gasteiger partial charge in [0.1, 0.15) is 18.9 Å². The number of pyridine rings is 1. The molecule has 0 saturated carbocycles. The van der Waals surface area contributed by atoms with Crippen molar-refractivity contribution >= 4 is 27.7 Å². The number of hydrogen-bond acceptors (Lipinski definition) is 3. The molecule has 0 atom stereocenters. The highest BCUT2D eigenvalue weighted by atomic mass is 16.5. The lowest BCUT2D eigenvalue weighted by Gasteiger charge is -2.15. The molecule has 0 bridgehead atoms. The van der Waals surface area contributed by atoms with Crippen molar-refractivity contribution in [3.63, 3.8) is 0 Å². The summed E-state index contributed by atoms with van der Waals surface area (Å²) in [5.41, 5.74) is 1.49. The summed E-state index contributed by atoms with van der Waals surface area (Å²) in [5, 5.41) is 4.11. The summed E-state index contributed by atoms with van der Waals surface area (Å²) in [7, 11) is 0. The number of hydrogen-bond donors (Lipinski definition) is 1. The Kier molecular flexibility index (Phi) is 5.06. The number of carbonyl (C=O) groups is 1. The van der Waals surface area contributed by atoms with Crippen LogP contribution >= 0.6 is 0 Å². The summed E-state index contributed by atoms with van der Waals surface area (Å²) in [4.78, 5) is 25.3. The first-order valence-corrected chi connectivity index (χ1v) is 9.19. The molecule has 0 fully saturated rings. The van der Waals surface area contributed by atoms with Crippen LogP contribution in [0, 0.1) is 0 Å². The monoisotopic (exact) mass is 372 g/mol. The zero-order chi connectivity index (χ0) is 19.3. The molecule has 0 unspecified atom stereocenters. The minimum absolute atomic E-state index is 0.0147. The summed E-state index contributed by atoms with van der Waals surface area (Å²) in [6, 6.07) is 24.2. The molecule has 5 nitrogen and oxygen atoms in total. The number of fused-ring (bicyclic) bond motifs is 2. The molecule has 0 aliphatic rings. The van der Waals surface area contributed by atoms with Crippen molar-refractivity contribution in [1.29, 1.82) is 0 Å². The smallest absolute Gasteiger partial charge is 0.240 e. The zero-order valence-electron chi connectivity index (χ0n) is 15.3. The second-order valence-corrected chi connectivity index (χ2v) is 6.46. The number of para-hydroxylation sites is 3. The molecule has 0 aliphatic heterocycles. The zero-order valence-corrected chi connectivity index (χ0v) is 15.3. The van der Waals surface area contributed by atoms with Crippen molar-refractivity contribution in [2.75, 3.05) is 13.2 Å². The highest BCUT2D eigenvalue weighted by Gasteiger charge is 2.12. The van der Waals surface area contributed by atoms with Crippen LogP contribution in [0.15, 0.2) is 83.7 Å². The van der Waals surface area contributed by atoms with E-state index < -0.39 is 0 Å². The van der Waals surface area contributed by atoms with E-state index in [1.165, 1.54) is 0 Å². The molecule has 3 aromatic carbocycles. The Hall–Kier alpha value is -3.60. The fraction of sp³-hybridized carbons (Fsp3) is 0.130. The van der Waals surface area contributed by atoms with Crippen LogP contribution in [-0.4, -0.2) is 23.6 Å². The molecule has 1 N–H and O–H groups in total. The highest BCUT2D eigenvalue weighted by Crippen LogP contribution is 2.18. The van der Waals surface area contributed by atoms with Crippen molar-refractivity contribution in [2.45, 2.75) is 6.54 Å². The van der Waals surface area contributed by atoms with Crippen LogP contribution in [0.25, 0.3) is 21.8 Å². The van der Waals surface area contributed by atoms with E-state index >= 15 is 0 Å². The summed E-state index contributed by atoms with van der Waals surface area (Å²) in [5.74, 6) is 0.643. The van der Waals surface area contributed by atoms with Gasteiger partial charge in [-0.05, 0) is 36.4 Å². The number of aromatic nitrogens is 1. The minimum Gasteiger partial charge on any atom is -0.492 e. The molecular formula is C23H20N2O3. The van der Waals surface area contributed by atoms with Crippen LogP contribution < -0.4 is 15.5 Å². The van der Waals surface area contributed by atoms with Crippen LogP contribution in [0.1, 0.15) is 0 Å². The maximum Gasteiger partial charge on any atom is 0.240 e. The fourth-order valence-electron chi connectivity index (χ4n) is 3.32. The fourth-order valence-corrected chi connectivity index (χ4v) is 3.32. The van der Waals surface area contributed by atoms with Gasteiger partial charge in [0.05, 0.1) is 17.6 Å². The molecule has 1 amide bonds. The van der Waals surface area contributed by atoms with Crippen LogP contribution in [0.2, 0.25) is 0 Å². The molecule has 4 rings (SSSR count). The normalized spacial score (nSPS) is 10.9. The molecule has 140 valence electrons. The Bertz CT molecular complexity index is 1120. The molecule has 0 radical (unpaired) electrons. The molecular weight excluding hydrogens is 352 g/mol. The van der Waals surface area contributed by atoms with Gasteiger partial charge in [-0.2, -0.15) is 0 Å². The minimum atomic E-state index is -0.129. The number of amides is 1. The van der Waals surface area contributed by atoms with Crippen LogP contribution in [0.3, 0.4) is 0 Å². The molecule has 1 heterocycles.